The van der Waals surface area contributed by atoms with E-state index in [0.29, 0.717) is 11.3 Å². The molecule has 0 radical (unpaired) electrons. The average molecular weight is 249 g/mol. The number of benzene rings is 1. The molecule has 2 rings (SSSR count). The van der Waals surface area contributed by atoms with Crippen LogP contribution >= 0.6 is 0 Å². The van der Waals surface area contributed by atoms with Gasteiger partial charge in [-0.2, -0.15) is 5.26 Å². The number of nitriles is 1. The Hall–Kier alpha value is -1.34. The molecule has 0 spiro atoms. The number of hydrogen-bond acceptors (Lipinski definition) is 3. The Labute approximate surface area is 102 Å². The Balaban J connectivity index is 2.45. The van der Waals surface area contributed by atoms with E-state index in [0.717, 1.165) is 24.8 Å². The normalized spacial score (nSPS) is 16.2. The molecule has 0 amide bonds. The molecule has 0 bridgehead atoms. The van der Waals surface area contributed by atoms with Crippen LogP contribution in [0.1, 0.15) is 30.9 Å². The fourth-order valence-corrected chi connectivity index (χ4v) is 3.74. The van der Waals surface area contributed by atoms with Crippen LogP contribution in [0.5, 0.6) is 0 Å². The van der Waals surface area contributed by atoms with Crippen LogP contribution in [0.4, 0.5) is 0 Å². The van der Waals surface area contributed by atoms with Gasteiger partial charge in [0.25, 0.3) is 0 Å². The van der Waals surface area contributed by atoms with Gasteiger partial charge in [-0.3, -0.25) is 0 Å². The molecule has 1 aromatic carbocycles. The summed E-state index contributed by atoms with van der Waals surface area (Å²) in [5, 5.41) is 7.96. The third-order valence-corrected chi connectivity index (χ3v) is 5.39. The molecule has 1 unspecified atom stereocenters. The molecular formula is C13H15NO2S. The van der Waals surface area contributed by atoms with E-state index in [2.05, 4.69) is 0 Å². The first-order chi connectivity index (χ1) is 8.09. The molecule has 1 aromatic rings. The Morgan fingerprint density at radius 3 is 2.71 bits per heavy atom. The van der Waals surface area contributed by atoms with Crippen LogP contribution in [0.15, 0.2) is 23.1 Å². The van der Waals surface area contributed by atoms with Gasteiger partial charge >= 0.3 is 0 Å². The summed E-state index contributed by atoms with van der Waals surface area (Å²) >= 11 is 0. The summed E-state index contributed by atoms with van der Waals surface area (Å²) in [4.78, 5) is 0.298. The summed E-state index contributed by atoms with van der Waals surface area (Å²) in [6.07, 6.45) is 3.40. The number of rotatable bonds is 3. The summed E-state index contributed by atoms with van der Waals surface area (Å²) in [6, 6.07) is 7.14. The van der Waals surface area contributed by atoms with Crippen LogP contribution in [-0.2, 0) is 22.7 Å². The van der Waals surface area contributed by atoms with E-state index in [1.54, 1.807) is 19.1 Å². The first-order valence-electron chi connectivity index (χ1n) is 5.85. The summed E-state index contributed by atoms with van der Waals surface area (Å²) in [5.41, 5.74) is 2.37. The van der Waals surface area contributed by atoms with Gasteiger partial charge in [-0.1, -0.05) is 13.0 Å². The minimum absolute atomic E-state index is 0.298. The van der Waals surface area contributed by atoms with E-state index in [1.165, 1.54) is 5.56 Å². The second kappa shape index (κ2) is 4.50. The minimum Gasteiger partial charge on any atom is -0.222 e. The van der Waals surface area contributed by atoms with Crippen LogP contribution < -0.4 is 0 Å². The van der Waals surface area contributed by atoms with Crippen molar-refractivity contribution >= 4 is 9.84 Å². The topological polar surface area (TPSA) is 57.9 Å². The van der Waals surface area contributed by atoms with E-state index in [9.17, 15) is 8.42 Å². The van der Waals surface area contributed by atoms with E-state index in [4.69, 9.17) is 5.26 Å². The number of hydrogen-bond donors (Lipinski definition) is 0. The van der Waals surface area contributed by atoms with E-state index >= 15 is 0 Å². The van der Waals surface area contributed by atoms with Crippen molar-refractivity contribution in [2.45, 2.75) is 42.8 Å². The zero-order valence-electron chi connectivity index (χ0n) is 9.81. The number of fused-ring (bicyclic) bond motifs is 1. The largest absolute Gasteiger partial charge is 0.222 e. The number of sulfone groups is 1. The number of aryl methyl sites for hydroxylation is 2. The fraction of sp³-hybridized carbons (Fsp3) is 0.462. The fourth-order valence-electron chi connectivity index (χ4n) is 2.27. The van der Waals surface area contributed by atoms with Gasteiger partial charge in [0.1, 0.15) is 0 Å². The van der Waals surface area contributed by atoms with Crippen molar-refractivity contribution in [3.8, 4) is 6.07 Å². The summed E-state index contributed by atoms with van der Waals surface area (Å²) < 4.78 is 24.3. The van der Waals surface area contributed by atoms with Crippen molar-refractivity contribution in [1.29, 1.82) is 5.26 Å². The highest BCUT2D eigenvalue weighted by atomic mass is 32.2. The van der Waals surface area contributed by atoms with Crippen LogP contribution in [-0.4, -0.2) is 13.7 Å². The minimum atomic E-state index is -3.48. The first kappa shape index (κ1) is 12.1. The van der Waals surface area contributed by atoms with Crippen molar-refractivity contribution in [3.05, 3.63) is 29.3 Å². The predicted molar refractivity (Wildman–Crippen MR) is 65.3 cm³/mol. The lowest BCUT2D eigenvalue weighted by Crippen LogP contribution is -2.18. The molecule has 1 aliphatic carbocycles. The lowest BCUT2D eigenvalue weighted by atomic mass is 10.1. The van der Waals surface area contributed by atoms with Gasteiger partial charge in [-0.15, -0.1) is 0 Å². The number of nitrogens with zero attached hydrogens (tertiary/aromatic N) is 1. The highest BCUT2D eigenvalue weighted by molar-refractivity contribution is 7.92. The van der Waals surface area contributed by atoms with Crippen molar-refractivity contribution < 1.29 is 8.42 Å². The Morgan fingerprint density at radius 1 is 1.35 bits per heavy atom. The van der Waals surface area contributed by atoms with Gasteiger partial charge < -0.3 is 0 Å². The Morgan fingerprint density at radius 2 is 2.06 bits per heavy atom. The molecule has 0 aliphatic heterocycles. The molecule has 0 saturated heterocycles. The molecule has 4 heteroatoms. The maximum Gasteiger partial charge on any atom is 0.194 e. The standard InChI is InChI=1S/C13H15NO2S/c1-2-12(9-14)17(15,16)13-7-6-10-4-3-5-11(10)8-13/h6-8,12H,2-5H2,1H3. The summed E-state index contributed by atoms with van der Waals surface area (Å²) in [7, 11) is -3.48. The molecule has 0 fully saturated rings. The van der Waals surface area contributed by atoms with Crippen LogP contribution in [0.2, 0.25) is 0 Å². The third-order valence-electron chi connectivity index (χ3n) is 3.29. The molecule has 0 N–H and O–H groups in total. The smallest absolute Gasteiger partial charge is 0.194 e. The lowest BCUT2D eigenvalue weighted by Gasteiger charge is -2.10. The third kappa shape index (κ3) is 2.07. The molecule has 1 atom stereocenters. The van der Waals surface area contributed by atoms with Gasteiger partial charge in [0.05, 0.1) is 11.0 Å². The monoisotopic (exact) mass is 249 g/mol. The summed E-state index contributed by atoms with van der Waals surface area (Å²) in [6.45, 7) is 1.72. The van der Waals surface area contributed by atoms with Crippen LogP contribution in [0.3, 0.4) is 0 Å². The Kier molecular flexibility index (Phi) is 3.21. The SMILES string of the molecule is CCC(C#N)S(=O)(=O)c1ccc2c(c1)CCC2. The lowest BCUT2D eigenvalue weighted by molar-refractivity contribution is 0.587. The molecule has 0 saturated carbocycles. The van der Waals surface area contributed by atoms with Gasteiger partial charge in [0.2, 0.25) is 0 Å². The first-order valence-corrected chi connectivity index (χ1v) is 7.39. The van der Waals surface area contributed by atoms with Gasteiger partial charge in [0, 0.05) is 0 Å². The van der Waals surface area contributed by atoms with Crippen LogP contribution in [0, 0.1) is 11.3 Å². The van der Waals surface area contributed by atoms with Gasteiger partial charge in [-0.05, 0) is 48.9 Å². The molecule has 17 heavy (non-hydrogen) atoms. The van der Waals surface area contributed by atoms with Crippen molar-refractivity contribution in [3.63, 3.8) is 0 Å². The molecule has 0 heterocycles. The van der Waals surface area contributed by atoms with Gasteiger partial charge in [0.15, 0.2) is 15.1 Å². The second-order valence-electron chi connectivity index (χ2n) is 4.36. The van der Waals surface area contributed by atoms with Crippen molar-refractivity contribution in [1.82, 2.24) is 0 Å². The molecule has 1 aliphatic rings. The highest BCUT2D eigenvalue weighted by Gasteiger charge is 2.26. The van der Waals surface area contributed by atoms with E-state index in [1.807, 2.05) is 12.1 Å². The predicted octanol–water partition coefficient (Wildman–Crippen LogP) is 2.25. The zero-order valence-corrected chi connectivity index (χ0v) is 10.6. The van der Waals surface area contributed by atoms with E-state index in [-0.39, 0.29) is 0 Å². The van der Waals surface area contributed by atoms with Crippen LogP contribution in [0.25, 0.3) is 0 Å². The van der Waals surface area contributed by atoms with Crippen molar-refractivity contribution in [2.75, 3.05) is 0 Å². The second-order valence-corrected chi connectivity index (χ2v) is 6.49. The maximum absolute atomic E-state index is 12.2. The highest BCUT2D eigenvalue weighted by Crippen LogP contribution is 2.26. The van der Waals surface area contributed by atoms with Crippen molar-refractivity contribution in [2.24, 2.45) is 0 Å². The zero-order chi connectivity index (χ0) is 12.5. The van der Waals surface area contributed by atoms with Gasteiger partial charge in [-0.25, -0.2) is 8.42 Å². The Bertz CT molecular complexity index is 570. The van der Waals surface area contributed by atoms with E-state index < -0.39 is 15.1 Å². The molecule has 90 valence electrons. The molecule has 0 aromatic heterocycles. The summed E-state index contributed by atoms with van der Waals surface area (Å²) in [5.74, 6) is 0. The average Bonchev–Trinajstić information content (AvgIpc) is 2.77. The quantitative estimate of drug-likeness (QED) is 0.825. The molecular weight excluding hydrogens is 234 g/mol. The maximum atomic E-state index is 12.2. The molecule has 3 nitrogen and oxygen atoms in total.